The lowest BCUT2D eigenvalue weighted by Gasteiger charge is -2.14. The normalized spacial score (nSPS) is 12.9. The highest BCUT2D eigenvalue weighted by molar-refractivity contribution is 7.16. The molecule has 34 heavy (non-hydrogen) atoms. The van der Waals surface area contributed by atoms with Gasteiger partial charge in [-0.25, -0.2) is 0 Å². The van der Waals surface area contributed by atoms with Crippen molar-refractivity contribution in [3.05, 3.63) is 88.7 Å². The van der Waals surface area contributed by atoms with E-state index in [1.807, 2.05) is 72.8 Å². The number of esters is 1. The lowest BCUT2D eigenvalue weighted by atomic mass is 9.91. The summed E-state index contributed by atoms with van der Waals surface area (Å²) in [6.07, 6.45) is 0. The molecular weight excluding hydrogens is 452 g/mol. The Kier molecular flexibility index (Phi) is 6.14. The molecule has 1 aliphatic rings. The number of amides is 1. The average molecular weight is 475 g/mol. The first-order chi connectivity index (χ1) is 16.6. The Morgan fingerprint density at radius 2 is 1.62 bits per heavy atom. The third-order valence-electron chi connectivity index (χ3n) is 5.49. The number of carbonyl (C=O) groups excluding carboxylic acids is 2. The van der Waals surface area contributed by atoms with Crippen molar-refractivity contribution < 1.29 is 23.8 Å². The van der Waals surface area contributed by atoms with E-state index in [0.717, 1.165) is 21.3 Å². The number of carbonyl (C=O) groups is 2. The minimum atomic E-state index is -0.569. The van der Waals surface area contributed by atoms with Crippen molar-refractivity contribution in [1.29, 1.82) is 0 Å². The molecule has 0 atom stereocenters. The second kappa shape index (κ2) is 9.52. The summed E-state index contributed by atoms with van der Waals surface area (Å²) < 4.78 is 18.7. The Morgan fingerprint density at radius 1 is 1.00 bits per heavy atom. The lowest BCUT2D eigenvalue weighted by Crippen LogP contribution is -2.24. The number of fused-ring (bicyclic) bond motifs is 2. The molecular formula is C26H22N2O5S. The summed E-state index contributed by atoms with van der Waals surface area (Å²) in [6.45, 7) is 2.10. The molecule has 8 heteroatoms. The zero-order valence-electron chi connectivity index (χ0n) is 18.5. The number of ether oxygens (including phenoxy) is 3. The number of hydrogen-bond acceptors (Lipinski definition) is 6. The molecule has 3 aromatic carbocycles. The summed E-state index contributed by atoms with van der Waals surface area (Å²) in [6, 6.07) is 22.8. The molecule has 2 heterocycles. The third kappa shape index (κ3) is 4.32. The quantitative estimate of drug-likeness (QED) is 0.390. The predicted molar refractivity (Wildman–Crippen MR) is 128 cm³/mol. The maximum absolute atomic E-state index is 13.6. The summed E-state index contributed by atoms with van der Waals surface area (Å²) in [5, 5.41) is 0. The average Bonchev–Trinajstić information content (AvgIpc) is 3.43. The van der Waals surface area contributed by atoms with E-state index >= 15 is 0 Å². The second-order valence-corrected chi connectivity index (χ2v) is 8.66. The fourth-order valence-corrected chi connectivity index (χ4v) is 5.01. The van der Waals surface area contributed by atoms with Crippen molar-refractivity contribution in [2.75, 3.05) is 13.4 Å². The van der Waals surface area contributed by atoms with Crippen molar-refractivity contribution in [2.45, 2.75) is 19.4 Å². The molecule has 5 rings (SSSR count). The van der Waals surface area contributed by atoms with Crippen LogP contribution < -0.4 is 14.3 Å². The molecule has 0 spiro atoms. The zero-order valence-corrected chi connectivity index (χ0v) is 19.3. The van der Waals surface area contributed by atoms with Gasteiger partial charge in [0.1, 0.15) is 6.54 Å². The van der Waals surface area contributed by atoms with Crippen LogP contribution in [0.15, 0.2) is 77.8 Å². The van der Waals surface area contributed by atoms with Gasteiger partial charge in [-0.2, -0.15) is 4.99 Å². The number of aromatic nitrogens is 1. The Bertz CT molecular complexity index is 1370. The van der Waals surface area contributed by atoms with Crippen molar-refractivity contribution in [3.8, 4) is 11.5 Å². The highest BCUT2D eigenvalue weighted by Crippen LogP contribution is 2.37. The van der Waals surface area contributed by atoms with Gasteiger partial charge in [0.05, 0.1) is 22.7 Å². The molecule has 7 nitrogen and oxygen atoms in total. The predicted octanol–water partition coefficient (Wildman–Crippen LogP) is 4.25. The SMILES string of the molecule is CCOC(=O)Cn1c(=NC(=O)C(c2ccccc2)c2ccccc2)sc2cc3c(cc21)OCO3. The number of benzene rings is 3. The lowest BCUT2D eigenvalue weighted by molar-refractivity contribution is -0.143. The molecule has 172 valence electrons. The highest BCUT2D eigenvalue weighted by atomic mass is 32.1. The van der Waals surface area contributed by atoms with Crippen molar-refractivity contribution in [2.24, 2.45) is 4.99 Å². The number of rotatable bonds is 6. The summed E-state index contributed by atoms with van der Waals surface area (Å²) >= 11 is 1.32. The number of nitrogens with zero attached hydrogens (tertiary/aromatic N) is 2. The Balaban J connectivity index is 1.64. The Morgan fingerprint density at radius 3 is 2.24 bits per heavy atom. The largest absolute Gasteiger partial charge is 0.465 e. The Labute approximate surface area is 199 Å². The van der Waals surface area contributed by atoms with Gasteiger partial charge in [0.25, 0.3) is 5.91 Å². The van der Waals surface area contributed by atoms with Gasteiger partial charge in [0.2, 0.25) is 6.79 Å². The van der Waals surface area contributed by atoms with E-state index in [1.165, 1.54) is 11.3 Å². The summed E-state index contributed by atoms with van der Waals surface area (Å²) in [4.78, 5) is 30.9. The third-order valence-corrected chi connectivity index (χ3v) is 6.53. The van der Waals surface area contributed by atoms with Crippen LogP contribution in [0.5, 0.6) is 11.5 Å². The zero-order chi connectivity index (χ0) is 23.5. The van der Waals surface area contributed by atoms with E-state index < -0.39 is 11.9 Å². The first-order valence-electron chi connectivity index (χ1n) is 10.9. The van der Waals surface area contributed by atoms with E-state index in [9.17, 15) is 9.59 Å². The van der Waals surface area contributed by atoms with Crippen LogP contribution in [0.4, 0.5) is 0 Å². The Hall–Kier alpha value is -3.91. The maximum atomic E-state index is 13.6. The van der Waals surface area contributed by atoms with E-state index in [1.54, 1.807) is 11.5 Å². The van der Waals surface area contributed by atoms with Gasteiger partial charge >= 0.3 is 5.97 Å². The first-order valence-corrected chi connectivity index (χ1v) is 11.7. The van der Waals surface area contributed by atoms with Gasteiger partial charge < -0.3 is 18.8 Å². The number of hydrogen-bond donors (Lipinski definition) is 0. The van der Waals surface area contributed by atoms with Crippen LogP contribution in [0.1, 0.15) is 24.0 Å². The summed E-state index contributed by atoms with van der Waals surface area (Å²) in [5.74, 6) is -0.0769. The maximum Gasteiger partial charge on any atom is 0.326 e. The minimum absolute atomic E-state index is 0.0685. The fraction of sp³-hybridized carbons (Fsp3) is 0.192. The van der Waals surface area contributed by atoms with E-state index in [4.69, 9.17) is 14.2 Å². The molecule has 4 aromatic rings. The van der Waals surface area contributed by atoms with Crippen LogP contribution in [0, 0.1) is 0 Å². The van der Waals surface area contributed by atoms with E-state index in [-0.39, 0.29) is 25.9 Å². The molecule has 1 amide bonds. The van der Waals surface area contributed by atoms with Gasteiger partial charge in [0.15, 0.2) is 16.3 Å². The second-order valence-electron chi connectivity index (χ2n) is 7.65. The minimum Gasteiger partial charge on any atom is -0.465 e. The van der Waals surface area contributed by atoms with Crippen molar-refractivity contribution in [3.63, 3.8) is 0 Å². The van der Waals surface area contributed by atoms with E-state index in [2.05, 4.69) is 4.99 Å². The van der Waals surface area contributed by atoms with Crippen LogP contribution in [0.3, 0.4) is 0 Å². The molecule has 0 N–H and O–H groups in total. The molecule has 0 aliphatic carbocycles. The molecule has 1 aliphatic heterocycles. The smallest absolute Gasteiger partial charge is 0.326 e. The van der Waals surface area contributed by atoms with Gasteiger partial charge in [0, 0.05) is 12.1 Å². The van der Waals surface area contributed by atoms with Crippen molar-refractivity contribution >= 4 is 33.4 Å². The van der Waals surface area contributed by atoms with Crippen molar-refractivity contribution in [1.82, 2.24) is 4.57 Å². The van der Waals surface area contributed by atoms with Gasteiger partial charge in [-0.05, 0) is 18.1 Å². The van der Waals surface area contributed by atoms with Crippen LogP contribution in [-0.2, 0) is 20.9 Å². The standard InChI is InChI=1S/C26H22N2O5S/c1-2-31-23(29)15-28-19-13-20-21(33-16-32-20)14-22(19)34-26(28)27-25(30)24(17-9-5-3-6-10-17)18-11-7-4-8-12-18/h3-14,24H,2,15-16H2,1H3. The van der Waals surface area contributed by atoms with Crippen LogP contribution >= 0.6 is 11.3 Å². The van der Waals surface area contributed by atoms with Crippen LogP contribution in [-0.4, -0.2) is 29.8 Å². The van der Waals surface area contributed by atoms with E-state index in [0.29, 0.717) is 16.3 Å². The van der Waals surface area contributed by atoms with Gasteiger partial charge in [-0.3, -0.25) is 9.59 Å². The van der Waals surface area contributed by atoms with Crippen LogP contribution in [0.2, 0.25) is 0 Å². The van der Waals surface area contributed by atoms with Gasteiger partial charge in [-0.15, -0.1) is 0 Å². The number of thiazole rings is 1. The summed E-state index contributed by atoms with van der Waals surface area (Å²) in [5.41, 5.74) is 2.42. The van der Waals surface area contributed by atoms with Gasteiger partial charge in [-0.1, -0.05) is 72.0 Å². The molecule has 0 radical (unpaired) electrons. The van der Waals surface area contributed by atoms with Crippen LogP contribution in [0.25, 0.3) is 10.2 Å². The molecule has 0 saturated carbocycles. The molecule has 0 fully saturated rings. The molecule has 0 saturated heterocycles. The highest BCUT2D eigenvalue weighted by Gasteiger charge is 2.24. The summed E-state index contributed by atoms with van der Waals surface area (Å²) in [7, 11) is 0. The molecule has 0 bridgehead atoms. The molecule has 1 aromatic heterocycles. The molecule has 0 unspecified atom stereocenters. The monoisotopic (exact) mass is 474 g/mol. The first kappa shape index (κ1) is 21.9. The fourth-order valence-electron chi connectivity index (χ4n) is 3.96. The topological polar surface area (TPSA) is 79.1 Å².